The molecule has 1 atom stereocenters. The first-order valence-corrected chi connectivity index (χ1v) is 7.83. The lowest BCUT2D eigenvalue weighted by molar-refractivity contribution is -0.139. The average Bonchev–Trinajstić information content (AvgIpc) is 2.54. The molecule has 0 aliphatic carbocycles. The van der Waals surface area contributed by atoms with E-state index < -0.39 is 11.8 Å². The SMILES string of the molecule is CCOCCCNC(=O)C(=O)NC(C)c1ccc(CC)cc1. The monoisotopic (exact) mass is 306 g/mol. The molecule has 0 aliphatic heterocycles. The number of carbonyl (C=O) groups is 2. The van der Waals surface area contributed by atoms with Gasteiger partial charge >= 0.3 is 11.8 Å². The minimum Gasteiger partial charge on any atom is -0.382 e. The molecule has 2 N–H and O–H groups in total. The summed E-state index contributed by atoms with van der Waals surface area (Å²) in [5.41, 5.74) is 2.23. The molecule has 0 bridgehead atoms. The maximum atomic E-state index is 11.8. The van der Waals surface area contributed by atoms with E-state index in [1.54, 1.807) is 0 Å². The molecule has 0 aliphatic rings. The standard InChI is InChI=1S/C17H26N2O3/c1-4-14-7-9-15(10-8-14)13(3)19-17(21)16(20)18-11-6-12-22-5-2/h7-10,13H,4-6,11-12H2,1-3H3,(H,18,20)(H,19,21). The van der Waals surface area contributed by atoms with Gasteiger partial charge in [-0.3, -0.25) is 9.59 Å². The number of benzene rings is 1. The fraction of sp³-hybridized carbons (Fsp3) is 0.529. The van der Waals surface area contributed by atoms with Crippen molar-refractivity contribution in [2.75, 3.05) is 19.8 Å². The van der Waals surface area contributed by atoms with Crippen LogP contribution in [-0.2, 0) is 20.7 Å². The summed E-state index contributed by atoms with van der Waals surface area (Å²) in [7, 11) is 0. The van der Waals surface area contributed by atoms with Gasteiger partial charge in [-0.2, -0.15) is 0 Å². The highest BCUT2D eigenvalue weighted by atomic mass is 16.5. The molecule has 1 aromatic rings. The summed E-state index contributed by atoms with van der Waals surface area (Å²) in [4.78, 5) is 23.5. The Hall–Kier alpha value is -1.88. The maximum Gasteiger partial charge on any atom is 0.309 e. The van der Waals surface area contributed by atoms with Gasteiger partial charge < -0.3 is 15.4 Å². The Bertz CT molecular complexity index is 471. The van der Waals surface area contributed by atoms with E-state index in [1.165, 1.54) is 5.56 Å². The smallest absolute Gasteiger partial charge is 0.309 e. The van der Waals surface area contributed by atoms with E-state index in [9.17, 15) is 9.59 Å². The number of amides is 2. The summed E-state index contributed by atoms with van der Waals surface area (Å²) < 4.78 is 5.17. The number of aryl methyl sites for hydroxylation is 1. The van der Waals surface area contributed by atoms with E-state index in [4.69, 9.17) is 4.74 Å². The second kappa shape index (κ2) is 9.95. The van der Waals surface area contributed by atoms with E-state index >= 15 is 0 Å². The topological polar surface area (TPSA) is 67.4 Å². The van der Waals surface area contributed by atoms with Crippen molar-refractivity contribution in [2.45, 2.75) is 39.7 Å². The second-order valence-corrected chi connectivity index (χ2v) is 5.10. The second-order valence-electron chi connectivity index (χ2n) is 5.10. The lowest BCUT2D eigenvalue weighted by Gasteiger charge is -2.14. The first kappa shape index (κ1) is 18.2. The van der Waals surface area contributed by atoms with Crippen molar-refractivity contribution in [3.05, 3.63) is 35.4 Å². The van der Waals surface area contributed by atoms with Crippen LogP contribution in [0.15, 0.2) is 24.3 Å². The third-order valence-corrected chi connectivity index (χ3v) is 3.40. The Balaban J connectivity index is 2.37. The van der Waals surface area contributed by atoms with Gasteiger partial charge in [0, 0.05) is 19.8 Å². The molecule has 0 saturated carbocycles. The highest BCUT2D eigenvalue weighted by Crippen LogP contribution is 2.13. The van der Waals surface area contributed by atoms with Crippen LogP contribution in [0.4, 0.5) is 0 Å². The van der Waals surface area contributed by atoms with Gasteiger partial charge in [-0.05, 0) is 37.8 Å². The van der Waals surface area contributed by atoms with Gasteiger partial charge in [0.05, 0.1) is 6.04 Å². The third kappa shape index (κ3) is 6.26. The Morgan fingerprint density at radius 1 is 1.14 bits per heavy atom. The van der Waals surface area contributed by atoms with Crippen LogP contribution in [0.5, 0.6) is 0 Å². The van der Waals surface area contributed by atoms with Gasteiger partial charge in [-0.15, -0.1) is 0 Å². The molecule has 2 amide bonds. The van der Waals surface area contributed by atoms with Gasteiger partial charge in [-0.1, -0.05) is 31.2 Å². The predicted molar refractivity (Wildman–Crippen MR) is 86.5 cm³/mol. The molecule has 0 spiro atoms. The molecule has 22 heavy (non-hydrogen) atoms. The number of hydrogen-bond acceptors (Lipinski definition) is 3. The molecule has 0 saturated heterocycles. The van der Waals surface area contributed by atoms with Gasteiger partial charge in [0.25, 0.3) is 0 Å². The van der Waals surface area contributed by atoms with Crippen LogP contribution >= 0.6 is 0 Å². The van der Waals surface area contributed by atoms with Crippen LogP contribution in [-0.4, -0.2) is 31.6 Å². The molecular formula is C17H26N2O3. The first-order valence-electron chi connectivity index (χ1n) is 7.83. The van der Waals surface area contributed by atoms with Crippen molar-refractivity contribution in [3.63, 3.8) is 0 Å². The minimum atomic E-state index is -0.608. The molecule has 122 valence electrons. The number of hydrogen-bond donors (Lipinski definition) is 2. The normalized spacial score (nSPS) is 11.8. The van der Waals surface area contributed by atoms with Crippen LogP contribution in [0.25, 0.3) is 0 Å². The summed E-state index contributed by atoms with van der Waals surface area (Å²) in [6.07, 6.45) is 1.67. The molecule has 1 aromatic carbocycles. The average molecular weight is 306 g/mol. The predicted octanol–water partition coefficient (Wildman–Crippen LogP) is 1.97. The van der Waals surface area contributed by atoms with E-state index in [1.807, 2.05) is 38.1 Å². The number of ether oxygens (including phenoxy) is 1. The highest BCUT2D eigenvalue weighted by molar-refractivity contribution is 6.35. The molecular weight excluding hydrogens is 280 g/mol. The zero-order valence-electron chi connectivity index (χ0n) is 13.6. The lowest BCUT2D eigenvalue weighted by atomic mass is 10.1. The number of carbonyl (C=O) groups excluding carboxylic acids is 2. The van der Waals surface area contributed by atoms with E-state index in [2.05, 4.69) is 17.6 Å². The molecule has 0 heterocycles. The van der Waals surface area contributed by atoms with Crippen molar-refractivity contribution < 1.29 is 14.3 Å². The summed E-state index contributed by atoms with van der Waals surface area (Å²) in [5, 5.41) is 5.29. The minimum absolute atomic E-state index is 0.201. The van der Waals surface area contributed by atoms with Crippen LogP contribution in [0.2, 0.25) is 0 Å². The van der Waals surface area contributed by atoms with E-state index in [-0.39, 0.29) is 6.04 Å². The van der Waals surface area contributed by atoms with Gasteiger partial charge in [0.15, 0.2) is 0 Å². The molecule has 5 nitrogen and oxygen atoms in total. The zero-order valence-corrected chi connectivity index (χ0v) is 13.6. The molecule has 0 radical (unpaired) electrons. The van der Waals surface area contributed by atoms with E-state index in [0.717, 1.165) is 12.0 Å². The van der Waals surface area contributed by atoms with Crippen LogP contribution < -0.4 is 10.6 Å². The molecule has 1 rings (SSSR count). The van der Waals surface area contributed by atoms with Gasteiger partial charge in [0.1, 0.15) is 0 Å². The van der Waals surface area contributed by atoms with Crippen molar-refractivity contribution in [3.8, 4) is 0 Å². The quantitative estimate of drug-likeness (QED) is 0.570. The summed E-state index contributed by atoms with van der Waals surface area (Å²) in [6.45, 7) is 7.55. The first-order chi connectivity index (χ1) is 10.6. The van der Waals surface area contributed by atoms with E-state index in [0.29, 0.717) is 26.2 Å². The Labute approximate surface area is 132 Å². The highest BCUT2D eigenvalue weighted by Gasteiger charge is 2.16. The summed E-state index contributed by atoms with van der Waals surface area (Å²) >= 11 is 0. The molecule has 1 unspecified atom stereocenters. The Kier molecular flexibility index (Phi) is 8.22. The Morgan fingerprint density at radius 3 is 2.41 bits per heavy atom. The summed E-state index contributed by atoms with van der Waals surface area (Å²) in [6, 6.07) is 7.82. The van der Waals surface area contributed by atoms with Crippen molar-refractivity contribution in [2.24, 2.45) is 0 Å². The van der Waals surface area contributed by atoms with Gasteiger partial charge in [0.2, 0.25) is 0 Å². The van der Waals surface area contributed by atoms with Gasteiger partial charge in [-0.25, -0.2) is 0 Å². The summed E-state index contributed by atoms with van der Waals surface area (Å²) in [5.74, 6) is -1.21. The molecule has 5 heteroatoms. The molecule has 0 aromatic heterocycles. The van der Waals surface area contributed by atoms with Crippen LogP contribution in [0.3, 0.4) is 0 Å². The van der Waals surface area contributed by atoms with Crippen molar-refractivity contribution >= 4 is 11.8 Å². The van der Waals surface area contributed by atoms with Crippen LogP contribution in [0, 0.1) is 0 Å². The zero-order chi connectivity index (χ0) is 16.4. The molecule has 0 fully saturated rings. The maximum absolute atomic E-state index is 11.8. The largest absolute Gasteiger partial charge is 0.382 e. The third-order valence-electron chi connectivity index (χ3n) is 3.40. The van der Waals surface area contributed by atoms with Crippen LogP contribution in [0.1, 0.15) is 44.4 Å². The van der Waals surface area contributed by atoms with Crippen molar-refractivity contribution in [1.82, 2.24) is 10.6 Å². The lowest BCUT2D eigenvalue weighted by Crippen LogP contribution is -2.41. The fourth-order valence-corrected chi connectivity index (χ4v) is 1.99. The number of rotatable bonds is 8. The number of nitrogens with one attached hydrogen (secondary N) is 2. The Morgan fingerprint density at radius 2 is 1.82 bits per heavy atom. The van der Waals surface area contributed by atoms with Crippen molar-refractivity contribution in [1.29, 1.82) is 0 Å². The fourth-order valence-electron chi connectivity index (χ4n) is 1.99.